The average molecular weight is 408 g/mol. The van der Waals surface area contributed by atoms with Crippen LogP contribution in [0.4, 0.5) is 4.39 Å². The molecule has 30 heavy (non-hydrogen) atoms. The van der Waals surface area contributed by atoms with E-state index in [2.05, 4.69) is 15.0 Å². The van der Waals surface area contributed by atoms with E-state index < -0.39 is 11.2 Å². The molecule has 0 saturated carbocycles. The number of aromatic amines is 1. The molecule has 0 spiro atoms. The summed E-state index contributed by atoms with van der Waals surface area (Å²) in [5, 5.41) is 0. The van der Waals surface area contributed by atoms with Crippen molar-refractivity contribution in [3.05, 3.63) is 79.7 Å². The largest absolute Gasteiger partial charge is 0.349 e. The molecule has 2 aliphatic heterocycles. The van der Waals surface area contributed by atoms with Gasteiger partial charge in [-0.2, -0.15) is 4.98 Å². The minimum absolute atomic E-state index is 0.126. The molecule has 7 heteroatoms. The lowest BCUT2D eigenvalue weighted by Crippen LogP contribution is -2.29. The van der Waals surface area contributed by atoms with E-state index in [0.717, 1.165) is 16.6 Å². The molecule has 0 amide bonds. The number of hydrogen-bond donors (Lipinski definition) is 1. The molecule has 0 aliphatic carbocycles. The molecule has 6 nitrogen and oxygen atoms in total. The number of H-pyrrole nitrogens is 1. The molecule has 156 valence electrons. The van der Waals surface area contributed by atoms with Gasteiger partial charge in [0.1, 0.15) is 5.82 Å². The van der Waals surface area contributed by atoms with Gasteiger partial charge in [-0.25, -0.2) is 14.2 Å². The fraction of sp³-hybridized carbons (Fsp3) is 0.304. The average Bonchev–Trinajstić information content (AvgIpc) is 2.72. The molecule has 4 rings (SSSR count). The maximum Gasteiger partial charge on any atom is 0.349 e. The third-order valence-electron chi connectivity index (χ3n) is 5.01. The van der Waals surface area contributed by atoms with E-state index in [4.69, 9.17) is 0 Å². The summed E-state index contributed by atoms with van der Waals surface area (Å²) >= 11 is 0. The fourth-order valence-corrected chi connectivity index (χ4v) is 3.41. The van der Waals surface area contributed by atoms with E-state index in [1.165, 1.54) is 6.07 Å². The molecule has 0 atom stereocenters. The van der Waals surface area contributed by atoms with Crippen molar-refractivity contribution in [2.75, 3.05) is 0 Å². The van der Waals surface area contributed by atoms with Crippen LogP contribution in [0.2, 0.25) is 0 Å². The normalized spacial score (nSPS) is 10.8. The Hall–Kier alpha value is -3.35. The molecule has 0 aromatic heterocycles. The van der Waals surface area contributed by atoms with E-state index in [-0.39, 0.29) is 17.3 Å². The lowest BCUT2D eigenvalue weighted by molar-refractivity contribution is 0.589. The van der Waals surface area contributed by atoms with Crippen molar-refractivity contribution in [2.45, 2.75) is 47.1 Å². The van der Waals surface area contributed by atoms with Crippen LogP contribution in [0.1, 0.15) is 37.0 Å². The number of aromatic nitrogens is 4. The zero-order valence-electron chi connectivity index (χ0n) is 17.6. The lowest BCUT2D eigenvalue weighted by Gasteiger charge is -2.17. The van der Waals surface area contributed by atoms with Crippen LogP contribution >= 0.6 is 0 Å². The second kappa shape index (κ2) is 8.98. The molecular formula is C23H25FN4O2. The minimum atomic E-state index is -0.703. The van der Waals surface area contributed by atoms with Gasteiger partial charge >= 0.3 is 5.69 Å². The Bertz CT molecular complexity index is 1280. The smallest absolute Gasteiger partial charge is 0.322 e. The van der Waals surface area contributed by atoms with Crippen molar-refractivity contribution in [1.29, 1.82) is 0 Å². The Labute approximate surface area is 173 Å². The third-order valence-corrected chi connectivity index (χ3v) is 5.01. The topological polar surface area (TPSA) is 80.6 Å². The van der Waals surface area contributed by atoms with Gasteiger partial charge in [-0.05, 0) is 61.6 Å². The van der Waals surface area contributed by atoms with Gasteiger partial charge in [0.2, 0.25) is 0 Å². The summed E-state index contributed by atoms with van der Waals surface area (Å²) in [4.78, 5) is 34.7. The Morgan fingerprint density at radius 1 is 1.03 bits per heavy atom. The number of aryl methyl sites for hydroxylation is 4. The molecule has 2 aromatic rings. The molecule has 0 radical (unpaired) electrons. The summed E-state index contributed by atoms with van der Waals surface area (Å²) < 4.78 is 15.7. The SMILES string of the molecule is CC.Cc1cc2nc3c(=O)[nH]c(=O)nc-3n(CCCc3ccccc3F)c2cc1C. The maximum absolute atomic E-state index is 13.9. The number of halogens is 1. The standard InChI is InChI=1S/C21H19FN4O2.C2H6/c1-12-10-16-17(11-13(12)2)26(9-5-7-14-6-3-4-8-15(14)22)19-18(23-16)20(27)25-21(28)24-19;1-2/h3-4,6,8,10-11H,5,7,9H2,1-2H3,(H,25,27,28);1-2H3. The van der Waals surface area contributed by atoms with Crippen LogP contribution in [0.25, 0.3) is 22.6 Å². The highest BCUT2D eigenvalue weighted by molar-refractivity contribution is 5.81. The first kappa shape index (κ1) is 21.4. The fourth-order valence-electron chi connectivity index (χ4n) is 3.41. The molecule has 0 fully saturated rings. The molecular weight excluding hydrogens is 383 g/mol. The van der Waals surface area contributed by atoms with Crippen LogP contribution in [0.3, 0.4) is 0 Å². The lowest BCUT2D eigenvalue weighted by atomic mass is 10.1. The van der Waals surface area contributed by atoms with Crippen LogP contribution in [-0.4, -0.2) is 19.5 Å². The first-order valence-corrected chi connectivity index (χ1v) is 10.1. The Kier molecular flexibility index (Phi) is 6.40. The number of nitrogens with one attached hydrogen (secondary N) is 1. The zero-order chi connectivity index (χ0) is 21.8. The highest BCUT2D eigenvalue weighted by atomic mass is 19.1. The first-order valence-electron chi connectivity index (χ1n) is 10.1. The molecule has 1 N–H and O–H groups in total. The number of fused-ring (bicyclic) bond motifs is 2. The van der Waals surface area contributed by atoms with E-state index >= 15 is 0 Å². The molecule has 2 aromatic carbocycles. The number of hydrogen-bond acceptors (Lipinski definition) is 4. The molecule has 0 saturated heterocycles. The summed E-state index contributed by atoms with van der Waals surface area (Å²) in [7, 11) is 0. The highest BCUT2D eigenvalue weighted by Crippen LogP contribution is 2.24. The number of rotatable bonds is 4. The van der Waals surface area contributed by atoms with Crippen LogP contribution in [0, 0.1) is 19.7 Å². The van der Waals surface area contributed by atoms with E-state index in [1.807, 2.05) is 44.4 Å². The van der Waals surface area contributed by atoms with Crippen molar-refractivity contribution in [3.63, 3.8) is 0 Å². The molecule has 0 unspecified atom stereocenters. The minimum Gasteiger partial charge on any atom is -0.322 e. The van der Waals surface area contributed by atoms with Gasteiger partial charge in [0.25, 0.3) is 5.56 Å². The molecule has 0 bridgehead atoms. The second-order valence-corrected chi connectivity index (χ2v) is 6.93. The summed E-state index contributed by atoms with van der Waals surface area (Å²) in [6, 6.07) is 10.6. The van der Waals surface area contributed by atoms with Gasteiger partial charge in [-0.3, -0.25) is 9.78 Å². The van der Waals surface area contributed by atoms with Crippen LogP contribution in [-0.2, 0) is 13.0 Å². The predicted molar refractivity (Wildman–Crippen MR) is 117 cm³/mol. The van der Waals surface area contributed by atoms with Gasteiger partial charge < -0.3 is 4.57 Å². The second-order valence-electron chi connectivity index (χ2n) is 6.93. The zero-order valence-corrected chi connectivity index (χ0v) is 17.6. The van der Waals surface area contributed by atoms with Crippen molar-refractivity contribution in [2.24, 2.45) is 0 Å². The van der Waals surface area contributed by atoms with Crippen molar-refractivity contribution >= 4 is 11.0 Å². The van der Waals surface area contributed by atoms with Crippen LogP contribution in [0.15, 0.2) is 46.0 Å². The quantitative estimate of drug-likeness (QED) is 0.518. The van der Waals surface area contributed by atoms with Gasteiger partial charge in [0.15, 0.2) is 11.5 Å². The van der Waals surface area contributed by atoms with Crippen molar-refractivity contribution < 1.29 is 4.39 Å². The van der Waals surface area contributed by atoms with E-state index in [9.17, 15) is 14.0 Å². The van der Waals surface area contributed by atoms with Gasteiger partial charge in [0, 0.05) is 6.54 Å². The number of nitrogens with zero attached hydrogens (tertiary/aromatic N) is 3. The van der Waals surface area contributed by atoms with Gasteiger partial charge in [0.05, 0.1) is 11.0 Å². The summed E-state index contributed by atoms with van der Waals surface area (Å²) in [5.74, 6) is 0.0119. The van der Waals surface area contributed by atoms with Crippen molar-refractivity contribution in [3.8, 4) is 11.5 Å². The van der Waals surface area contributed by atoms with Crippen LogP contribution in [0.5, 0.6) is 0 Å². The number of benzene rings is 2. The Morgan fingerprint density at radius 2 is 1.73 bits per heavy atom. The summed E-state index contributed by atoms with van der Waals surface area (Å²) in [6.45, 7) is 8.45. The first-order chi connectivity index (χ1) is 14.4. The monoisotopic (exact) mass is 408 g/mol. The molecule has 2 heterocycles. The Balaban J connectivity index is 0.00000124. The summed E-state index contributed by atoms with van der Waals surface area (Å²) in [5.41, 5.74) is 3.08. The van der Waals surface area contributed by atoms with Gasteiger partial charge in [-0.1, -0.05) is 32.0 Å². The van der Waals surface area contributed by atoms with Crippen molar-refractivity contribution in [1.82, 2.24) is 19.5 Å². The van der Waals surface area contributed by atoms with Gasteiger partial charge in [-0.15, -0.1) is 0 Å². The third kappa shape index (κ3) is 4.15. The van der Waals surface area contributed by atoms with Crippen LogP contribution < -0.4 is 11.2 Å². The Morgan fingerprint density at radius 3 is 2.47 bits per heavy atom. The molecule has 2 aliphatic rings. The summed E-state index contributed by atoms with van der Waals surface area (Å²) in [6.07, 6.45) is 1.15. The maximum atomic E-state index is 13.9. The van der Waals surface area contributed by atoms with E-state index in [1.54, 1.807) is 18.2 Å². The predicted octanol–water partition coefficient (Wildman–Crippen LogP) is 4.00. The van der Waals surface area contributed by atoms with E-state index in [0.29, 0.717) is 30.5 Å². The highest BCUT2D eigenvalue weighted by Gasteiger charge is 2.19.